The number of carbonyl (C=O) groups excluding carboxylic acids is 6. The van der Waals surface area contributed by atoms with Gasteiger partial charge in [0.2, 0.25) is 35.4 Å². The van der Waals surface area contributed by atoms with Crippen LogP contribution in [0.5, 0.6) is 0 Å². The summed E-state index contributed by atoms with van der Waals surface area (Å²) in [6, 6.07) is -7.57. The van der Waals surface area contributed by atoms with Crippen LogP contribution in [0.2, 0.25) is 0 Å². The van der Waals surface area contributed by atoms with Gasteiger partial charge in [-0.2, -0.15) is 0 Å². The van der Waals surface area contributed by atoms with E-state index >= 15 is 0 Å². The van der Waals surface area contributed by atoms with E-state index in [1.807, 2.05) is 55.4 Å². The molecular weight excluding hydrogens is 775 g/mol. The minimum Gasteiger partial charge on any atom is -0.480 e. The Labute approximate surface area is 357 Å². The highest BCUT2D eigenvalue weighted by atomic mass is 16.4. The highest BCUT2D eigenvalue weighted by Crippen LogP contribution is 2.14. The summed E-state index contributed by atoms with van der Waals surface area (Å²) in [6.07, 6.45) is 2.65. The summed E-state index contributed by atoms with van der Waals surface area (Å²) in [4.78, 5) is 97.9. The van der Waals surface area contributed by atoms with Crippen LogP contribution in [0.4, 0.5) is 0 Å². The van der Waals surface area contributed by atoms with Crippen molar-refractivity contribution in [2.75, 3.05) is 13.1 Å². The molecule has 0 rings (SSSR count). The molecule has 60 heavy (non-hydrogen) atoms. The molecule has 0 aromatic heterocycles. The van der Waals surface area contributed by atoms with Crippen LogP contribution >= 0.6 is 0 Å². The summed E-state index contributed by atoms with van der Waals surface area (Å²) in [6.45, 7) is 18.9. The van der Waals surface area contributed by atoms with Crippen LogP contribution < -0.4 is 54.8 Å². The van der Waals surface area contributed by atoms with Crippen molar-refractivity contribution in [3.63, 3.8) is 0 Å². The average Bonchev–Trinajstić information content (AvgIpc) is 3.12. The van der Waals surface area contributed by atoms with E-state index in [1.165, 1.54) is 0 Å². The fourth-order valence-electron chi connectivity index (χ4n) is 6.39. The molecule has 19 nitrogen and oxygen atoms in total. The Balaban J connectivity index is 6.44. The Morgan fingerprint density at radius 1 is 0.500 bits per heavy atom. The van der Waals surface area contributed by atoms with E-state index in [-0.39, 0.29) is 68.3 Å². The summed E-state index contributed by atoms with van der Waals surface area (Å²) < 4.78 is 0. The predicted molar refractivity (Wildman–Crippen MR) is 233 cm³/mol. The largest absolute Gasteiger partial charge is 0.480 e. The molecule has 0 saturated carbocycles. The number of hydrogen-bond donors (Lipinski definition) is 11. The van der Waals surface area contributed by atoms with Crippen LogP contribution in [0, 0.1) is 29.6 Å². The topological polar surface area (TPSA) is 328 Å². The van der Waals surface area contributed by atoms with Gasteiger partial charge in [0.25, 0.3) is 0 Å². The molecule has 0 aliphatic rings. The first kappa shape index (κ1) is 55.5. The second-order valence-corrected chi connectivity index (χ2v) is 17.7. The molecule has 0 aromatic carbocycles. The van der Waals surface area contributed by atoms with E-state index in [9.17, 15) is 38.7 Å². The Bertz CT molecular complexity index is 1400. The smallest absolute Gasteiger partial charge is 0.326 e. The first-order chi connectivity index (χ1) is 27.9. The zero-order valence-electron chi connectivity index (χ0n) is 37.8. The molecule has 0 spiro atoms. The first-order valence-electron chi connectivity index (χ1n) is 21.5. The molecule has 346 valence electrons. The fourth-order valence-corrected chi connectivity index (χ4v) is 6.39. The van der Waals surface area contributed by atoms with Gasteiger partial charge in [0.15, 0.2) is 5.96 Å². The predicted octanol–water partition coefficient (Wildman–Crippen LogP) is 0.330. The third kappa shape index (κ3) is 23.3. The molecule has 0 aromatic rings. The Morgan fingerprint density at radius 2 is 0.850 bits per heavy atom. The SMILES string of the molecule is CC(C)C[C@H](NC(=O)[C@H](CC(C)C)NC(=O)[C@H](CCCN=C(N)N)NC(=O)[C@@H](N)CC(C)C)C(=O)N[C@@H](CC(C)C)C(=O)N[C@@H](CCCCN)C(=O)N[C@H](C(=O)O)C(C)C. The van der Waals surface area contributed by atoms with Crippen molar-refractivity contribution in [3.8, 4) is 0 Å². The normalized spacial score (nSPS) is 15.0. The van der Waals surface area contributed by atoms with Crippen LogP contribution in [-0.4, -0.2) is 108 Å². The summed E-state index contributed by atoms with van der Waals surface area (Å²) in [5.74, 6) is -5.64. The molecule has 0 aliphatic carbocycles. The van der Waals surface area contributed by atoms with Gasteiger partial charge in [0.1, 0.15) is 36.3 Å². The number of amides is 6. The second-order valence-electron chi connectivity index (χ2n) is 17.7. The number of aliphatic imine (C=N–C) groups is 1. The molecule has 0 saturated heterocycles. The molecule has 19 heteroatoms. The number of carbonyl (C=O) groups is 7. The highest BCUT2D eigenvalue weighted by Gasteiger charge is 2.34. The number of unbranched alkanes of at least 4 members (excludes halogenated alkanes) is 1. The molecule has 0 unspecified atom stereocenters. The van der Waals surface area contributed by atoms with Crippen molar-refractivity contribution in [3.05, 3.63) is 0 Å². The van der Waals surface area contributed by atoms with Gasteiger partial charge in [-0.3, -0.25) is 33.8 Å². The molecule has 0 heterocycles. The lowest BCUT2D eigenvalue weighted by Crippen LogP contribution is -2.60. The molecule has 7 atom stereocenters. The minimum absolute atomic E-state index is 0.0757. The number of nitrogens with one attached hydrogen (secondary N) is 6. The first-order valence-corrected chi connectivity index (χ1v) is 21.5. The van der Waals surface area contributed by atoms with Crippen molar-refractivity contribution in [1.29, 1.82) is 0 Å². The highest BCUT2D eigenvalue weighted by molar-refractivity contribution is 5.97. The summed E-state index contributed by atoms with van der Waals surface area (Å²) >= 11 is 0. The standard InChI is InChI=1S/C41H79N11O8/c1-22(2)18-27(43)34(53)47-29(15-13-17-46-41(44)45)35(54)49-31(20-24(5)6)38(57)51-32(21-25(7)8)39(58)50-30(19-23(3)4)37(56)48-28(14-11-12-16-42)36(55)52-33(26(9)10)40(59)60/h22-33H,11-21,42-43H2,1-10H3,(H,47,53)(H,48,56)(H,49,54)(H,50,58)(H,51,57)(H,52,55)(H,59,60)(H4,44,45,46)/t27-,28-,29-,30-,31-,32-,33-/m0/s1. The van der Waals surface area contributed by atoms with E-state index in [4.69, 9.17) is 22.9 Å². The van der Waals surface area contributed by atoms with Crippen LogP contribution in [0.25, 0.3) is 0 Å². The second kappa shape index (κ2) is 28.9. The molecule has 15 N–H and O–H groups in total. The Kier molecular flexibility index (Phi) is 26.7. The van der Waals surface area contributed by atoms with E-state index in [0.29, 0.717) is 32.2 Å². The fraction of sp³-hybridized carbons (Fsp3) is 0.805. The van der Waals surface area contributed by atoms with Gasteiger partial charge in [-0.1, -0.05) is 69.2 Å². The van der Waals surface area contributed by atoms with E-state index in [2.05, 4.69) is 36.9 Å². The Morgan fingerprint density at radius 3 is 1.20 bits per heavy atom. The molecular formula is C41H79N11O8. The van der Waals surface area contributed by atoms with Crippen molar-refractivity contribution in [2.45, 2.75) is 169 Å². The van der Waals surface area contributed by atoms with Gasteiger partial charge in [0, 0.05) is 6.54 Å². The number of nitrogens with zero attached hydrogens (tertiary/aromatic N) is 1. The van der Waals surface area contributed by atoms with Crippen molar-refractivity contribution in [2.24, 2.45) is 57.5 Å². The lowest BCUT2D eigenvalue weighted by molar-refractivity contribution is -0.143. The van der Waals surface area contributed by atoms with Crippen LogP contribution in [0.1, 0.15) is 127 Å². The van der Waals surface area contributed by atoms with Gasteiger partial charge in [-0.05, 0) is 93.9 Å². The number of carboxylic acid groups (broad SMARTS) is 1. The summed E-state index contributed by atoms with van der Waals surface area (Å²) in [5.41, 5.74) is 22.7. The summed E-state index contributed by atoms with van der Waals surface area (Å²) in [7, 11) is 0. The maximum atomic E-state index is 14.0. The lowest BCUT2D eigenvalue weighted by atomic mass is 9.98. The molecule has 6 amide bonds. The third-order valence-corrected chi connectivity index (χ3v) is 9.47. The molecule has 0 radical (unpaired) electrons. The average molecular weight is 854 g/mol. The lowest BCUT2D eigenvalue weighted by Gasteiger charge is -2.29. The number of aliphatic carboxylic acids is 1. The van der Waals surface area contributed by atoms with Gasteiger partial charge in [0.05, 0.1) is 6.04 Å². The van der Waals surface area contributed by atoms with E-state index in [0.717, 1.165) is 0 Å². The van der Waals surface area contributed by atoms with E-state index in [1.54, 1.807) is 13.8 Å². The maximum absolute atomic E-state index is 14.0. The van der Waals surface area contributed by atoms with Gasteiger partial charge in [-0.25, -0.2) is 4.79 Å². The third-order valence-electron chi connectivity index (χ3n) is 9.47. The molecule has 0 fully saturated rings. The van der Waals surface area contributed by atoms with Crippen molar-refractivity contribution < 1.29 is 38.7 Å². The summed E-state index contributed by atoms with van der Waals surface area (Å²) in [5, 5.41) is 26.0. The van der Waals surface area contributed by atoms with Crippen molar-refractivity contribution >= 4 is 47.4 Å². The van der Waals surface area contributed by atoms with E-state index < -0.39 is 89.6 Å². The van der Waals surface area contributed by atoms with Gasteiger partial charge < -0.3 is 59.9 Å². The molecule has 0 bridgehead atoms. The number of hydrogen-bond acceptors (Lipinski definition) is 10. The maximum Gasteiger partial charge on any atom is 0.326 e. The van der Waals surface area contributed by atoms with Crippen molar-refractivity contribution in [1.82, 2.24) is 31.9 Å². The number of nitrogens with two attached hydrogens (primary N) is 4. The van der Waals surface area contributed by atoms with Gasteiger partial charge in [-0.15, -0.1) is 0 Å². The van der Waals surface area contributed by atoms with Crippen LogP contribution in [0.15, 0.2) is 4.99 Å². The zero-order valence-corrected chi connectivity index (χ0v) is 37.8. The van der Waals surface area contributed by atoms with Gasteiger partial charge >= 0.3 is 5.97 Å². The minimum atomic E-state index is -1.21. The van der Waals surface area contributed by atoms with Crippen LogP contribution in [0.3, 0.4) is 0 Å². The zero-order chi connectivity index (χ0) is 46.3. The quantitative estimate of drug-likeness (QED) is 0.0265. The van der Waals surface area contributed by atoms with Crippen LogP contribution in [-0.2, 0) is 33.6 Å². The monoisotopic (exact) mass is 854 g/mol. The Hall–Kier alpha value is -4.52. The number of carboxylic acids is 1. The molecule has 0 aliphatic heterocycles. The number of guanidine groups is 1. The number of rotatable bonds is 30.